The Labute approximate surface area is 213 Å². The van der Waals surface area contributed by atoms with Crippen molar-refractivity contribution in [1.29, 1.82) is 0 Å². The van der Waals surface area contributed by atoms with Gasteiger partial charge in [0.15, 0.2) is 0 Å². The molecule has 1 N–H and O–H groups in total. The SMILES string of the molecule is CCCCNC(=O)C(C)N(Cc1c(Cl)cccc1Cl)C(=O)CSCc1ccc(Cl)c(Cl)c1. The summed E-state index contributed by atoms with van der Waals surface area (Å²) < 4.78 is 0. The molecule has 4 nitrogen and oxygen atoms in total. The van der Waals surface area contributed by atoms with E-state index in [1.807, 2.05) is 6.07 Å². The minimum absolute atomic E-state index is 0.146. The number of nitrogens with zero attached hydrogens (tertiary/aromatic N) is 1. The molecule has 0 bridgehead atoms. The van der Waals surface area contributed by atoms with Gasteiger partial charge in [0, 0.05) is 34.5 Å². The van der Waals surface area contributed by atoms with E-state index < -0.39 is 6.04 Å². The number of unbranched alkanes of at least 4 members (excludes halogenated alkanes) is 1. The average Bonchev–Trinajstić information content (AvgIpc) is 2.75. The number of nitrogens with one attached hydrogen (secondary N) is 1. The van der Waals surface area contributed by atoms with E-state index in [-0.39, 0.29) is 24.1 Å². The standard InChI is InChI=1S/C23H26Cl4N2O2S/c1-3-4-10-28-23(31)15(2)29(12-17-18(24)6-5-7-19(17)25)22(30)14-32-13-16-8-9-20(26)21(27)11-16/h5-9,11,15H,3-4,10,12-14H2,1-2H3,(H,28,31). The molecule has 0 fully saturated rings. The van der Waals surface area contributed by atoms with Crippen molar-refractivity contribution in [2.75, 3.05) is 12.3 Å². The van der Waals surface area contributed by atoms with Gasteiger partial charge in [-0.15, -0.1) is 11.8 Å². The van der Waals surface area contributed by atoms with Gasteiger partial charge < -0.3 is 10.2 Å². The first kappa shape index (κ1) is 27.1. The van der Waals surface area contributed by atoms with Crippen molar-refractivity contribution in [2.24, 2.45) is 0 Å². The van der Waals surface area contributed by atoms with E-state index >= 15 is 0 Å². The molecule has 2 aromatic carbocycles. The van der Waals surface area contributed by atoms with Crippen LogP contribution >= 0.6 is 58.2 Å². The number of carbonyl (C=O) groups is 2. The first-order valence-corrected chi connectivity index (χ1v) is 12.9. The quantitative estimate of drug-likeness (QED) is 0.319. The topological polar surface area (TPSA) is 49.4 Å². The van der Waals surface area contributed by atoms with Crippen molar-refractivity contribution in [1.82, 2.24) is 10.2 Å². The Balaban J connectivity index is 2.11. The predicted molar refractivity (Wildman–Crippen MR) is 137 cm³/mol. The van der Waals surface area contributed by atoms with Crippen molar-refractivity contribution in [2.45, 2.75) is 45.0 Å². The van der Waals surface area contributed by atoms with Crippen LogP contribution in [0.3, 0.4) is 0 Å². The van der Waals surface area contributed by atoms with Crippen molar-refractivity contribution in [3.8, 4) is 0 Å². The molecule has 32 heavy (non-hydrogen) atoms. The number of carbonyl (C=O) groups excluding carboxylic acids is 2. The van der Waals surface area contributed by atoms with Gasteiger partial charge in [-0.3, -0.25) is 9.59 Å². The highest BCUT2D eigenvalue weighted by Crippen LogP contribution is 2.28. The van der Waals surface area contributed by atoms with E-state index in [2.05, 4.69) is 12.2 Å². The number of thioether (sulfide) groups is 1. The lowest BCUT2D eigenvalue weighted by molar-refractivity contribution is -0.138. The second-order valence-electron chi connectivity index (χ2n) is 7.28. The highest BCUT2D eigenvalue weighted by atomic mass is 35.5. The van der Waals surface area contributed by atoms with Crippen molar-refractivity contribution in [3.63, 3.8) is 0 Å². The van der Waals surface area contributed by atoms with E-state index in [1.165, 1.54) is 16.7 Å². The van der Waals surface area contributed by atoms with E-state index in [4.69, 9.17) is 46.4 Å². The largest absolute Gasteiger partial charge is 0.354 e. The number of amides is 2. The smallest absolute Gasteiger partial charge is 0.242 e. The average molecular weight is 536 g/mol. The Hall–Kier alpha value is -1.11. The van der Waals surface area contributed by atoms with Gasteiger partial charge in [0.25, 0.3) is 0 Å². The van der Waals surface area contributed by atoms with Crippen LogP contribution in [-0.4, -0.2) is 35.1 Å². The molecule has 0 aliphatic heterocycles. The molecular formula is C23H26Cl4N2O2S. The molecule has 0 saturated heterocycles. The first-order chi connectivity index (χ1) is 15.2. The number of rotatable bonds is 11. The molecule has 1 unspecified atom stereocenters. The van der Waals surface area contributed by atoms with E-state index in [0.29, 0.717) is 38.0 Å². The van der Waals surface area contributed by atoms with Gasteiger partial charge in [-0.2, -0.15) is 0 Å². The molecule has 0 aliphatic carbocycles. The van der Waals surface area contributed by atoms with Crippen LogP contribution in [0.1, 0.15) is 37.8 Å². The Morgan fingerprint density at radius 3 is 2.34 bits per heavy atom. The van der Waals surface area contributed by atoms with Crippen LogP contribution in [0.2, 0.25) is 20.1 Å². The molecule has 0 aromatic heterocycles. The minimum Gasteiger partial charge on any atom is -0.354 e. The zero-order chi connectivity index (χ0) is 23.7. The fraction of sp³-hybridized carbons (Fsp3) is 0.391. The van der Waals surface area contributed by atoms with Gasteiger partial charge in [-0.1, -0.05) is 71.9 Å². The summed E-state index contributed by atoms with van der Waals surface area (Å²) in [5, 5.41) is 4.77. The molecule has 174 valence electrons. The van der Waals surface area contributed by atoms with Gasteiger partial charge in [0.05, 0.1) is 15.8 Å². The van der Waals surface area contributed by atoms with Gasteiger partial charge in [-0.05, 0) is 43.2 Å². The number of hydrogen-bond acceptors (Lipinski definition) is 3. The molecule has 2 rings (SSSR count). The van der Waals surface area contributed by atoms with Crippen LogP contribution < -0.4 is 5.32 Å². The third kappa shape index (κ3) is 8.03. The van der Waals surface area contributed by atoms with Crippen LogP contribution in [0.25, 0.3) is 0 Å². The number of benzene rings is 2. The third-order valence-corrected chi connectivity index (χ3v) is 7.30. The van der Waals surface area contributed by atoms with E-state index in [1.54, 1.807) is 37.3 Å². The lowest BCUT2D eigenvalue weighted by atomic mass is 10.1. The summed E-state index contributed by atoms with van der Waals surface area (Å²) in [5.74, 6) is 0.392. The third-order valence-electron chi connectivity index (χ3n) is 4.87. The lowest BCUT2D eigenvalue weighted by Gasteiger charge is -2.29. The predicted octanol–water partition coefficient (Wildman–Crippen LogP) is 6.87. The van der Waals surface area contributed by atoms with Gasteiger partial charge in [-0.25, -0.2) is 0 Å². The maximum Gasteiger partial charge on any atom is 0.242 e. The first-order valence-electron chi connectivity index (χ1n) is 10.3. The zero-order valence-corrected chi connectivity index (χ0v) is 21.8. The van der Waals surface area contributed by atoms with Crippen LogP contribution in [0.5, 0.6) is 0 Å². The number of hydrogen-bond donors (Lipinski definition) is 1. The Kier molecular flexibility index (Phi) is 11.5. The van der Waals surface area contributed by atoms with Crippen molar-refractivity contribution >= 4 is 70.0 Å². The highest BCUT2D eigenvalue weighted by Gasteiger charge is 2.27. The Morgan fingerprint density at radius 2 is 1.72 bits per heavy atom. The molecule has 0 spiro atoms. The molecular weight excluding hydrogens is 510 g/mol. The van der Waals surface area contributed by atoms with Crippen LogP contribution in [0, 0.1) is 0 Å². The normalized spacial score (nSPS) is 11.8. The van der Waals surface area contributed by atoms with Crippen LogP contribution in [-0.2, 0) is 21.9 Å². The van der Waals surface area contributed by atoms with E-state index in [0.717, 1.165) is 18.4 Å². The van der Waals surface area contributed by atoms with Crippen LogP contribution in [0.4, 0.5) is 0 Å². The van der Waals surface area contributed by atoms with Crippen LogP contribution in [0.15, 0.2) is 36.4 Å². The molecule has 0 heterocycles. The molecule has 2 amide bonds. The van der Waals surface area contributed by atoms with Gasteiger partial charge >= 0.3 is 0 Å². The van der Waals surface area contributed by atoms with Crippen molar-refractivity contribution < 1.29 is 9.59 Å². The van der Waals surface area contributed by atoms with Gasteiger partial charge in [0.1, 0.15) is 6.04 Å². The summed E-state index contributed by atoms with van der Waals surface area (Å²) in [4.78, 5) is 27.4. The summed E-state index contributed by atoms with van der Waals surface area (Å²) in [6.07, 6.45) is 1.85. The lowest BCUT2D eigenvalue weighted by Crippen LogP contribution is -2.48. The summed E-state index contributed by atoms with van der Waals surface area (Å²) in [5.41, 5.74) is 1.58. The molecule has 9 heteroatoms. The molecule has 0 radical (unpaired) electrons. The number of halogens is 4. The molecule has 0 saturated carbocycles. The van der Waals surface area contributed by atoms with E-state index in [9.17, 15) is 9.59 Å². The minimum atomic E-state index is -0.669. The maximum absolute atomic E-state index is 13.1. The summed E-state index contributed by atoms with van der Waals surface area (Å²) in [6, 6.07) is 9.90. The second-order valence-corrected chi connectivity index (χ2v) is 9.90. The fourth-order valence-corrected chi connectivity index (χ4v) is 4.64. The fourth-order valence-electron chi connectivity index (χ4n) is 2.94. The second kappa shape index (κ2) is 13.6. The Bertz CT molecular complexity index is 922. The van der Waals surface area contributed by atoms with Crippen molar-refractivity contribution in [3.05, 3.63) is 67.6 Å². The molecule has 0 aliphatic rings. The summed E-state index contributed by atoms with van der Waals surface area (Å²) in [7, 11) is 0. The monoisotopic (exact) mass is 534 g/mol. The maximum atomic E-state index is 13.1. The summed E-state index contributed by atoms with van der Waals surface area (Å²) >= 11 is 26.1. The zero-order valence-electron chi connectivity index (χ0n) is 18.0. The Morgan fingerprint density at radius 1 is 1.03 bits per heavy atom. The highest BCUT2D eigenvalue weighted by molar-refractivity contribution is 7.99. The summed E-state index contributed by atoms with van der Waals surface area (Å²) in [6.45, 7) is 4.48. The van der Waals surface area contributed by atoms with Gasteiger partial charge in [0.2, 0.25) is 11.8 Å². The molecule has 1 atom stereocenters. The molecule has 2 aromatic rings.